The van der Waals surface area contributed by atoms with Crippen molar-refractivity contribution in [2.45, 2.75) is 84.2 Å². The van der Waals surface area contributed by atoms with Gasteiger partial charge in [-0.15, -0.1) is 0 Å². The Labute approximate surface area is 130 Å². The molecule has 1 atom stereocenters. The lowest BCUT2D eigenvalue weighted by Gasteiger charge is -2.22. The Bertz CT molecular complexity index is 410. The van der Waals surface area contributed by atoms with E-state index < -0.39 is 0 Å². The molecule has 1 unspecified atom stereocenters. The van der Waals surface area contributed by atoms with E-state index in [1.807, 2.05) is 0 Å². The first kappa shape index (κ1) is 16.5. The summed E-state index contributed by atoms with van der Waals surface area (Å²) in [6.45, 7) is 10.1. The first-order valence-electron chi connectivity index (χ1n) is 8.73. The van der Waals surface area contributed by atoms with Crippen LogP contribution in [0, 0.1) is 5.92 Å². The van der Waals surface area contributed by atoms with E-state index in [-0.39, 0.29) is 5.54 Å². The summed E-state index contributed by atoms with van der Waals surface area (Å²) in [5.74, 6) is 0.689. The molecule has 0 radical (unpaired) electrons. The summed E-state index contributed by atoms with van der Waals surface area (Å²) in [6.07, 6.45) is 11.3. The summed E-state index contributed by atoms with van der Waals surface area (Å²) in [7, 11) is 0. The van der Waals surface area contributed by atoms with Gasteiger partial charge in [0.25, 0.3) is 0 Å². The number of rotatable bonds is 6. The Morgan fingerprint density at radius 1 is 1.29 bits per heavy atom. The predicted octanol–water partition coefficient (Wildman–Crippen LogP) is 4.35. The molecule has 0 aromatic carbocycles. The molecule has 120 valence electrons. The van der Waals surface area contributed by atoms with E-state index in [0.29, 0.717) is 12.0 Å². The lowest BCUT2D eigenvalue weighted by molar-refractivity contribution is 0.327. The van der Waals surface area contributed by atoms with Gasteiger partial charge in [0.15, 0.2) is 0 Å². The zero-order valence-corrected chi connectivity index (χ0v) is 14.4. The van der Waals surface area contributed by atoms with Crippen molar-refractivity contribution in [1.29, 1.82) is 0 Å². The minimum atomic E-state index is 0.224. The Hall–Kier alpha value is -0.830. The number of aromatic nitrogens is 2. The molecule has 1 aromatic heterocycles. The molecule has 0 bridgehead atoms. The largest absolute Gasteiger partial charge is 0.312 e. The lowest BCUT2D eigenvalue weighted by atomic mass is 9.96. The molecule has 0 amide bonds. The Balaban J connectivity index is 1.76. The molecule has 1 aliphatic rings. The smallest absolute Gasteiger partial charge is 0.0627 e. The fourth-order valence-electron chi connectivity index (χ4n) is 3.19. The lowest BCUT2D eigenvalue weighted by Crippen LogP contribution is -2.37. The van der Waals surface area contributed by atoms with Gasteiger partial charge in [0.2, 0.25) is 0 Å². The van der Waals surface area contributed by atoms with Gasteiger partial charge in [0, 0.05) is 11.7 Å². The van der Waals surface area contributed by atoms with Gasteiger partial charge in [-0.2, -0.15) is 5.10 Å². The molecule has 3 nitrogen and oxygen atoms in total. The Morgan fingerprint density at radius 2 is 2.00 bits per heavy atom. The second kappa shape index (κ2) is 7.44. The van der Waals surface area contributed by atoms with Crippen LogP contribution in [0.1, 0.15) is 78.0 Å². The van der Waals surface area contributed by atoms with E-state index in [4.69, 9.17) is 5.10 Å². The van der Waals surface area contributed by atoms with Crippen molar-refractivity contribution in [2.24, 2.45) is 5.92 Å². The fraction of sp³-hybridized carbons (Fsp3) is 0.833. The molecule has 1 saturated carbocycles. The molecular weight excluding hydrogens is 258 g/mol. The van der Waals surface area contributed by atoms with Crippen LogP contribution in [-0.4, -0.2) is 21.9 Å². The molecule has 0 spiro atoms. The van der Waals surface area contributed by atoms with E-state index in [1.54, 1.807) is 0 Å². The molecule has 1 aromatic rings. The summed E-state index contributed by atoms with van der Waals surface area (Å²) in [6, 6.07) is 2.88. The molecule has 21 heavy (non-hydrogen) atoms. The van der Waals surface area contributed by atoms with Crippen LogP contribution in [0.5, 0.6) is 0 Å². The van der Waals surface area contributed by atoms with E-state index in [9.17, 15) is 0 Å². The zero-order valence-electron chi connectivity index (χ0n) is 14.4. The van der Waals surface area contributed by atoms with E-state index in [0.717, 1.165) is 13.0 Å². The third kappa shape index (κ3) is 5.82. The Kier molecular flexibility index (Phi) is 5.86. The standard InChI is InChI=1S/C18H33N3/c1-15(10-12-19-18(2,3)4)14-16-11-13-21(20-16)17-8-6-5-7-9-17/h11,13,15,17,19H,5-10,12,14H2,1-4H3. The van der Waals surface area contributed by atoms with Gasteiger partial charge in [-0.3, -0.25) is 4.68 Å². The van der Waals surface area contributed by atoms with Crippen molar-refractivity contribution < 1.29 is 0 Å². The van der Waals surface area contributed by atoms with Crippen LogP contribution in [0.25, 0.3) is 0 Å². The second-order valence-electron chi connectivity index (χ2n) is 7.85. The van der Waals surface area contributed by atoms with Gasteiger partial charge in [-0.25, -0.2) is 0 Å². The summed E-state index contributed by atoms with van der Waals surface area (Å²) >= 11 is 0. The third-order valence-corrected chi connectivity index (χ3v) is 4.46. The topological polar surface area (TPSA) is 29.9 Å². The van der Waals surface area contributed by atoms with Gasteiger partial charge in [-0.1, -0.05) is 26.2 Å². The van der Waals surface area contributed by atoms with E-state index in [2.05, 4.69) is 50.0 Å². The van der Waals surface area contributed by atoms with Gasteiger partial charge in [0.1, 0.15) is 0 Å². The van der Waals surface area contributed by atoms with Crippen LogP contribution in [0.4, 0.5) is 0 Å². The van der Waals surface area contributed by atoms with Crippen molar-refractivity contribution in [2.75, 3.05) is 6.54 Å². The molecule has 0 saturated heterocycles. The maximum atomic E-state index is 4.83. The molecule has 1 aliphatic carbocycles. The van der Waals surface area contributed by atoms with Crippen LogP contribution in [0.2, 0.25) is 0 Å². The predicted molar refractivity (Wildman–Crippen MR) is 89.6 cm³/mol. The average Bonchev–Trinajstić information content (AvgIpc) is 2.86. The van der Waals surface area contributed by atoms with E-state index in [1.165, 1.54) is 44.2 Å². The summed E-state index contributed by atoms with van der Waals surface area (Å²) in [5, 5.41) is 8.40. The van der Waals surface area contributed by atoms with Crippen molar-refractivity contribution in [1.82, 2.24) is 15.1 Å². The van der Waals surface area contributed by atoms with Crippen molar-refractivity contribution in [3.05, 3.63) is 18.0 Å². The third-order valence-electron chi connectivity index (χ3n) is 4.46. The molecule has 0 aliphatic heterocycles. The molecule has 3 heteroatoms. The molecule has 1 heterocycles. The zero-order chi connectivity index (χ0) is 15.3. The molecular formula is C18H33N3. The summed E-state index contributed by atoms with van der Waals surface area (Å²) < 4.78 is 2.23. The van der Waals surface area contributed by atoms with Gasteiger partial charge >= 0.3 is 0 Å². The minimum Gasteiger partial charge on any atom is -0.312 e. The Morgan fingerprint density at radius 3 is 2.67 bits per heavy atom. The van der Waals surface area contributed by atoms with Crippen LogP contribution in [0.15, 0.2) is 12.3 Å². The summed E-state index contributed by atoms with van der Waals surface area (Å²) in [4.78, 5) is 0. The van der Waals surface area contributed by atoms with Crippen LogP contribution >= 0.6 is 0 Å². The fourth-order valence-corrected chi connectivity index (χ4v) is 3.19. The normalized spacial score (nSPS) is 18.9. The highest BCUT2D eigenvalue weighted by Crippen LogP contribution is 2.27. The number of nitrogens with zero attached hydrogens (tertiary/aromatic N) is 2. The first-order valence-corrected chi connectivity index (χ1v) is 8.73. The van der Waals surface area contributed by atoms with Crippen LogP contribution in [0.3, 0.4) is 0 Å². The van der Waals surface area contributed by atoms with Gasteiger partial charge in [-0.05, 0) is 65.0 Å². The monoisotopic (exact) mass is 291 g/mol. The number of hydrogen-bond acceptors (Lipinski definition) is 2. The SMILES string of the molecule is CC(CCNC(C)(C)C)Cc1ccn(C2CCCCC2)n1. The molecule has 1 fully saturated rings. The maximum Gasteiger partial charge on any atom is 0.0627 e. The highest BCUT2D eigenvalue weighted by Gasteiger charge is 2.16. The van der Waals surface area contributed by atoms with Crippen molar-refractivity contribution in [3.8, 4) is 0 Å². The maximum absolute atomic E-state index is 4.83. The van der Waals surface area contributed by atoms with Gasteiger partial charge < -0.3 is 5.32 Å². The number of hydrogen-bond donors (Lipinski definition) is 1. The second-order valence-corrected chi connectivity index (χ2v) is 7.85. The minimum absolute atomic E-state index is 0.224. The quantitative estimate of drug-likeness (QED) is 0.844. The van der Waals surface area contributed by atoms with Crippen molar-refractivity contribution in [3.63, 3.8) is 0 Å². The molecule has 1 N–H and O–H groups in total. The highest BCUT2D eigenvalue weighted by atomic mass is 15.3. The molecule has 2 rings (SSSR count). The van der Waals surface area contributed by atoms with Gasteiger partial charge in [0.05, 0.1) is 11.7 Å². The van der Waals surface area contributed by atoms with Crippen LogP contribution < -0.4 is 5.32 Å². The highest BCUT2D eigenvalue weighted by molar-refractivity contribution is 5.01. The van der Waals surface area contributed by atoms with E-state index >= 15 is 0 Å². The summed E-state index contributed by atoms with van der Waals surface area (Å²) in [5.41, 5.74) is 1.49. The average molecular weight is 291 g/mol. The first-order chi connectivity index (χ1) is 9.94. The van der Waals surface area contributed by atoms with Crippen molar-refractivity contribution >= 4 is 0 Å². The van der Waals surface area contributed by atoms with Crippen LogP contribution in [-0.2, 0) is 6.42 Å². The number of nitrogens with one attached hydrogen (secondary N) is 1.